The number of alkyl halides is 3. The van der Waals surface area contributed by atoms with Gasteiger partial charge in [0.15, 0.2) is 0 Å². The lowest BCUT2D eigenvalue weighted by molar-refractivity contribution is -0.137. The molecule has 0 amide bonds. The Labute approximate surface area is 187 Å². The number of aromatic nitrogens is 2. The van der Waals surface area contributed by atoms with Crippen LogP contribution in [-0.2, 0) is 18.1 Å². The molecule has 0 saturated carbocycles. The highest BCUT2D eigenvalue weighted by Crippen LogP contribution is 2.33. The summed E-state index contributed by atoms with van der Waals surface area (Å²) in [6.45, 7) is 9.40. The lowest BCUT2D eigenvalue weighted by atomic mass is 9.86. The van der Waals surface area contributed by atoms with Crippen LogP contribution in [0.25, 0.3) is 5.65 Å². The number of piperidine rings is 1. The first-order chi connectivity index (χ1) is 14.1. The first kappa shape index (κ1) is 23.6. The highest BCUT2D eigenvalue weighted by Gasteiger charge is 2.31. The SMILES string of the molecule is CC(C)(C)c1ccc(CN2CCC(c3cnc4ccc(C(F)(F)F)cn34)CC2)cc1.Cl. The van der Waals surface area contributed by atoms with Gasteiger partial charge in [-0.05, 0) is 54.6 Å². The molecule has 0 aliphatic carbocycles. The monoisotopic (exact) mass is 451 g/mol. The summed E-state index contributed by atoms with van der Waals surface area (Å²) < 4.78 is 40.9. The zero-order valence-electron chi connectivity index (χ0n) is 18.1. The molecule has 0 atom stereocenters. The molecule has 0 N–H and O–H groups in total. The van der Waals surface area contributed by atoms with E-state index in [1.54, 1.807) is 10.6 Å². The van der Waals surface area contributed by atoms with Gasteiger partial charge in [-0.15, -0.1) is 12.4 Å². The number of pyridine rings is 1. The van der Waals surface area contributed by atoms with Crippen LogP contribution < -0.4 is 0 Å². The Morgan fingerprint density at radius 1 is 0.935 bits per heavy atom. The van der Waals surface area contributed by atoms with Crippen molar-refractivity contribution in [3.63, 3.8) is 0 Å². The molecule has 0 radical (unpaired) electrons. The van der Waals surface area contributed by atoms with Crippen LogP contribution in [0.2, 0.25) is 0 Å². The molecule has 3 heterocycles. The van der Waals surface area contributed by atoms with Crippen LogP contribution in [0.3, 0.4) is 0 Å². The van der Waals surface area contributed by atoms with Crippen LogP contribution in [0.4, 0.5) is 13.2 Å². The third-order valence-corrected chi connectivity index (χ3v) is 6.09. The van der Waals surface area contributed by atoms with Gasteiger partial charge in [-0.1, -0.05) is 45.0 Å². The Bertz CT molecular complexity index is 1010. The Morgan fingerprint density at radius 2 is 1.55 bits per heavy atom. The van der Waals surface area contributed by atoms with E-state index in [1.807, 2.05) is 0 Å². The van der Waals surface area contributed by atoms with E-state index in [0.717, 1.165) is 44.2 Å². The number of halogens is 4. The summed E-state index contributed by atoms with van der Waals surface area (Å²) in [7, 11) is 0. The Morgan fingerprint density at radius 3 is 2.13 bits per heavy atom. The fraction of sp³-hybridized carbons (Fsp3) is 0.458. The van der Waals surface area contributed by atoms with E-state index in [4.69, 9.17) is 0 Å². The minimum atomic E-state index is -4.35. The van der Waals surface area contributed by atoms with Crippen molar-refractivity contribution in [1.82, 2.24) is 14.3 Å². The second-order valence-corrected chi connectivity index (χ2v) is 9.32. The van der Waals surface area contributed by atoms with Crippen molar-refractivity contribution in [2.45, 2.75) is 57.7 Å². The second-order valence-electron chi connectivity index (χ2n) is 9.32. The summed E-state index contributed by atoms with van der Waals surface area (Å²) >= 11 is 0. The molecule has 1 fully saturated rings. The van der Waals surface area contributed by atoms with E-state index in [9.17, 15) is 13.2 Å². The average Bonchev–Trinajstić information content (AvgIpc) is 3.11. The first-order valence-electron chi connectivity index (χ1n) is 10.5. The van der Waals surface area contributed by atoms with Crippen LogP contribution >= 0.6 is 12.4 Å². The van der Waals surface area contributed by atoms with E-state index in [1.165, 1.54) is 23.4 Å². The summed E-state index contributed by atoms with van der Waals surface area (Å²) in [5.41, 5.74) is 3.59. The van der Waals surface area contributed by atoms with E-state index in [-0.39, 0.29) is 23.7 Å². The van der Waals surface area contributed by atoms with Gasteiger partial charge in [-0.25, -0.2) is 4.98 Å². The van der Waals surface area contributed by atoms with Crippen LogP contribution in [0, 0.1) is 0 Å². The maximum atomic E-state index is 13.1. The fourth-order valence-corrected chi connectivity index (χ4v) is 4.22. The fourth-order valence-electron chi connectivity index (χ4n) is 4.22. The number of rotatable bonds is 3. The number of imidazole rings is 1. The topological polar surface area (TPSA) is 20.5 Å². The van der Waals surface area contributed by atoms with Gasteiger partial charge in [0.1, 0.15) is 5.65 Å². The molecule has 2 aromatic heterocycles. The molecule has 4 rings (SSSR count). The van der Waals surface area contributed by atoms with Gasteiger partial charge < -0.3 is 4.40 Å². The molecule has 0 unspecified atom stereocenters. The Balaban J connectivity index is 0.00000272. The Hall–Kier alpha value is -2.05. The standard InChI is InChI=1S/C24H28F3N3.ClH/c1-23(2,3)19-6-4-17(5-7-19)15-29-12-10-18(11-13-29)21-14-28-22-9-8-20(16-30(21)22)24(25,26)27;/h4-9,14,16,18H,10-13,15H2,1-3H3;1H. The third kappa shape index (κ3) is 5.24. The molecule has 1 aromatic carbocycles. The minimum Gasteiger partial charge on any atom is -0.303 e. The zero-order valence-corrected chi connectivity index (χ0v) is 18.9. The van der Waals surface area contributed by atoms with E-state index in [2.05, 4.69) is 54.9 Å². The van der Waals surface area contributed by atoms with Gasteiger partial charge >= 0.3 is 6.18 Å². The average molecular weight is 452 g/mol. The second kappa shape index (κ2) is 8.83. The molecule has 168 valence electrons. The van der Waals surface area contributed by atoms with Crippen molar-refractivity contribution in [3.05, 3.63) is 71.2 Å². The lowest BCUT2D eigenvalue weighted by Gasteiger charge is -2.32. The van der Waals surface area contributed by atoms with Gasteiger partial charge in [-0.3, -0.25) is 4.90 Å². The molecule has 1 aliphatic rings. The number of nitrogens with zero attached hydrogens (tertiary/aromatic N) is 3. The molecule has 7 heteroatoms. The van der Waals surface area contributed by atoms with Crippen LogP contribution in [0.1, 0.15) is 61.9 Å². The summed E-state index contributed by atoms with van der Waals surface area (Å²) in [4.78, 5) is 6.74. The van der Waals surface area contributed by atoms with Crippen molar-refractivity contribution in [2.75, 3.05) is 13.1 Å². The maximum absolute atomic E-state index is 13.1. The van der Waals surface area contributed by atoms with Gasteiger partial charge in [0.05, 0.1) is 5.56 Å². The smallest absolute Gasteiger partial charge is 0.303 e. The Kier molecular flexibility index (Phi) is 6.72. The number of hydrogen-bond donors (Lipinski definition) is 0. The number of fused-ring (bicyclic) bond motifs is 1. The van der Waals surface area contributed by atoms with Gasteiger partial charge in [0.25, 0.3) is 0 Å². The first-order valence-corrected chi connectivity index (χ1v) is 10.5. The number of likely N-dealkylation sites (tertiary alicyclic amines) is 1. The predicted octanol–water partition coefficient (Wildman–Crippen LogP) is 6.45. The molecular weight excluding hydrogens is 423 g/mol. The lowest BCUT2D eigenvalue weighted by Crippen LogP contribution is -2.32. The highest BCUT2D eigenvalue weighted by molar-refractivity contribution is 5.85. The largest absolute Gasteiger partial charge is 0.417 e. The molecule has 0 bridgehead atoms. The van der Waals surface area contributed by atoms with Crippen molar-refractivity contribution >= 4 is 18.1 Å². The van der Waals surface area contributed by atoms with Crippen LogP contribution in [-0.4, -0.2) is 27.4 Å². The predicted molar refractivity (Wildman–Crippen MR) is 120 cm³/mol. The summed E-state index contributed by atoms with van der Waals surface area (Å²) in [5, 5.41) is 0. The zero-order chi connectivity index (χ0) is 21.5. The van der Waals surface area contributed by atoms with Crippen LogP contribution in [0.5, 0.6) is 0 Å². The summed E-state index contributed by atoms with van der Waals surface area (Å²) in [6, 6.07) is 11.4. The van der Waals surface area contributed by atoms with Gasteiger partial charge in [-0.2, -0.15) is 13.2 Å². The van der Waals surface area contributed by atoms with Crippen molar-refractivity contribution < 1.29 is 13.2 Å². The number of hydrogen-bond acceptors (Lipinski definition) is 2. The normalized spacial score (nSPS) is 16.5. The highest BCUT2D eigenvalue weighted by atomic mass is 35.5. The van der Waals surface area contributed by atoms with E-state index in [0.29, 0.717) is 5.65 Å². The summed E-state index contributed by atoms with van der Waals surface area (Å²) in [6.07, 6.45) is 0.414. The van der Waals surface area contributed by atoms with Crippen molar-refractivity contribution in [3.8, 4) is 0 Å². The molecule has 1 saturated heterocycles. The number of benzene rings is 1. The molecule has 3 aromatic rings. The summed E-state index contributed by atoms with van der Waals surface area (Å²) in [5.74, 6) is 0.225. The van der Waals surface area contributed by atoms with Crippen molar-refractivity contribution in [2.24, 2.45) is 0 Å². The van der Waals surface area contributed by atoms with Gasteiger partial charge in [0, 0.05) is 30.6 Å². The molecule has 31 heavy (non-hydrogen) atoms. The molecule has 3 nitrogen and oxygen atoms in total. The third-order valence-electron chi connectivity index (χ3n) is 6.09. The minimum absolute atomic E-state index is 0. The maximum Gasteiger partial charge on any atom is 0.417 e. The molecular formula is C24H29ClF3N3. The van der Waals surface area contributed by atoms with E-state index >= 15 is 0 Å². The van der Waals surface area contributed by atoms with Crippen LogP contribution in [0.15, 0.2) is 48.8 Å². The molecule has 1 aliphatic heterocycles. The van der Waals surface area contributed by atoms with Gasteiger partial charge in [0.2, 0.25) is 0 Å². The van der Waals surface area contributed by atoms with Crippen molar-refractivity contribution in [1.29, 1.82) is 0 Å². The quantitative estimate of drug-likeness (QED) is 0.456. The van der Waals surface area contributed by atoms with E-state index < -0.39 is 11.7 Å². The molecule has 0 spiro atoms.